The van der Waals surface area contributed by atoms with Gasteiger partial charge in [0.05, 0.1) is 0 Å². The molecule has 0 saturated carbocycles. The van der Waals surface area contributed by atoms with Crippen molar-refractivity contribution in [3.63, 3.8) is 0 Å². The fraction of sp³-hybridized carbons (Fsp3) is 0.0667. The van der Waals surface area contributed by atoms with Crippen LogP contribution >= 0.6 is 11.3 Å². The number of hydrogen-bond acceptors (Lipinski definition) is 1. The van der Waals surface area contributed by atoms with Crippen molar-refractivity contribution in [2.45, 2.75) is 19.3 Å². The minimum absolute atomic E-state index is 0.0218. The van der Waals surface area contributed by atoms with Crippen LogP contribution in [-0.2, 0) is 5.41 Å². The lowest BCUT2D eigenvalue weighted by atomic mass is 9.81. The molecule has 1 heteroatoms. The topological polar surface area (TPSA) is 0 Å². The normalized spacial score (nSPS) is 13.6. The lowest BCUT2D eigenvalue weighted by Crippen LogP contribution is -2.14. The Labute approximate surface area is 272 Å². The molecule has 1 aliphatic carbocycles. The van der Waals surface area contributed by atoms with Crippen LogP contribution in [0.4, 0.5) is 0 Å². The lowest BCUT2D eigenvalue weighted by molar-refractivity contribution is 0.661. The van der Waals surface area contributed by atoms with E-state index >= 15 is 0 Å². The SMILES string of the molecule is CC1(C)c2ccccc2-c2c1ccc1c(-c3c4ccccc4c(-c4ccc5sc6ccccc6c5c4)c4ccccc34)cccc21. The monoisotopic (exact) mass is 602 g/mol. The number of benzene rings is 8. The Morgan fingerprint density at radius 2 is 0.935 bits per heavy atom. The minimum atomic E-state index is -0.0218. The van der Waals surface area contributed by atoms with E-state index in [1.165, 1.54) is 97.0 Å². The number of rotatable bonds is 2. The standard InChI is InChI=1S/C45H30S/c1-45(2)38-20-9-7-17-36(38)44-31-19-11-18-30(28(31)23-24-39(44)45)43-34-15-5-3-13-32(34)42(33-14-4-6-16-35(33)43)27-22-25-41-37(26-27)29-12-8-10-21-40(29)46-41/h3-26H,1-2H3. The molecule has 0 bridgehead atoms. The van der Waals surface area contributed by atoms with Gasteiger partial charge in [0.25, 0.3) is 0 Å². The molecule has 1 aromatic heterocycles. The Bertz CT molecular complexity index is 2660. The molecule has 8 aromatic carbocycles. The highest BCUT2D eigenvalue weighted by Crippen LogP contribution is 2.53. The average Bonchev–Trinajstić information content (AvgIpc) is 3.58. The van der Waals surface area contributed by atoms with E-state index in [-0.39, 0.29) is 5.41 Å². The molecule has 0 aliphatic heterocycles. The predicted octanol–water partition coefficient (Wildman–Crippen LogP) is 13.2. The molecule has 0 radical (unpaired) electrons. The van der Waals surface area contributed by atoms with Gasteiger partial charge in [-0.05, 0) is 95.0 Å². The summed E-state index contributed by atoms with van der Waals surface area (Å²) in [7, 11) is 0. The van der Waals surface area contributed by atoms with E-state index < -0.39 is 0 Å². The summed E-state index contributed by atoms with van der Waals surface area (Å²) in [6.45, 7) is 4.73. The Morgan fingerprint density at radius 1 is 0.370 bits per heavy atom. The number of thiophene rings is 1. The number of fused-ring (bicyclic) bond motifs is 10. The van der Waals surface area contributed by atoms with Crippen molar-refractivity contribution >= 4 is 63.8 Å². The van der Waals surface area contributed by atoms with Gasteiger partial charge in [-0.2, -0.15) is 0 Å². The van der Waals surface area contributed by atoms with Crippen LogP contribution in [0.15, 0.2) is 146 Å². The molecule has 10 rings (SSSR count). The fourth-order valence-electron chi connectivity index (χ4n) is 8.39. The highest BCUT2D eigenvalue weighted by atomic mass is 32.1. The Hall–Kier alpha value is -5.24. The third kappa shape index (κ3) is 3.44. The van der Waals surface area contributed by atoms with Crippen LogP contribution in [0.3, 0.4) is 0 Å². The van der Waals surface area contributed by atoms with Gasteiger partial charge in [0.2, 0.25) is 0 Å². The second-order valence-corrected chi connectivity index (χ2v) is 14.3. The molecule has 1 aliphatic rings. The summed E-state index contributed by atoms with van der Waals surface area (Å²) in [6, 6.07) is 54.6. The molecular formula is C45H30S. The summed E-state index contributed by atoms with van der Waals surface area (Å²) < 4.78 is 2.68. The van der Waals surface area contributed by atoms with E-state index in [1.807, 2.05) is 11.3 Å². The van der Waals surface area contributed by atoms with E-state index in [1.54, 1.807) is 0 Å². The predicted molar refractivity (Wildman–Crippen MR) is 200 cm³/mol. The van der Waals surface area contributed by atoms with Crippen molar-refractivity contribution in [2.75, 3.05) is 0 Å². The Balaban J connectivity index is 1.30. The molecule has 0 amide bonds. The molecule has 0 atom stereocenters. The molecule has 0 nitrogen and oxygen atoms in total. The van der Waals surface area contributed by atoms with Crippen molar-refractivity contribution in [3.05, 3.63) is 157 Å². The molecule has 9 aromatic rings. The van der Waals surface area contributed by atoms with Crippen LogP contribution in [0.25, 0.3) is 85.9 Å². The van der Waals surface area contributed by atoms with E-state index in [0.29, 0.717) is 0 Å². The zero-order chi connectivity index (χ0) is 30.6. The summed E-state index contributed by atoms with van der Waals surface area (Å²) in [4.78, 5) is 0. The van der Waals surface area contributed by atoms with Crippen LogP contribution in [-0.4, -0.2) is 0 Å². The maximum absolute atomic E-state index is 2.42. The Morgan fingerprint density at radius 3 is 1.70 bits per heavy atom. The molecule has 0 spiro atoms. The molecular weight excluding hydrogens is 573 g/mol. The summed E-state index contributed by atoms with van der Waals surface area (Å²) >= 11 is 1.88. The van der Waals surface area contributed by atoms with Gasteiger partial charge in [0.15, 0.2) is 0 Å². The maximum Gasteiger partial charge on any atom is 0.0355 e. The van der Waals surface area contributed by atoms with Crippen molar-refractivity contribution in [2.24, 2.45) is 0 Å². The van der Waals surface area contributed by atoms with E-state index in [2.05, 4.69) is 159 Å². The van der Waals surface area contributed by atoms with Gasteiger partial charge in [-0.1, -0.05) is 141 Å². The minimum Gasteiger partial charge on any atom is -0.135 e. The first-order valence-corrected chi connectivity index (χ1v) is 16.9. The molecule has 216 valence electrons. The van der Waals surface area contributed by atoms with Gasteiger partial charge >= 0.3 is 0 Å². The quantitative estimate of drug-likeness (QED) is 0.173. The van der Waals surface area contributed by atoms with Crippen molar-refractivity contribution in [1.82, 2.24) is 0 Å². The van der Waals surface area contributed by atoms with E-state index in [0.717, 1.165) is 0 Å². The van der Waals surface area contributed by atoms with Crippen LogP contribution in [0.5, 0.6) is 0 Å². The maximum atomic E-state index is 2.42. The zero-order valence-corrected chi connectivity index (χ0v) is 26.6. The highest BCUT2D eigenvalue weighted by Gasteiger charge is 2.36. The second kappa shape index (κ2) is 9.39. The molecule has 46 heavy (non-hydrogen) atoms. The van der Waals surface area contributed by atoms with Gasteiger partial charge < -0.3 is 0 Å². The average molecular weight is 603 g/mol. The summed E-state index contributed by atoms with van der Waals surface area (Å²) in [5.74, 6) is 0. The first-order chi connectivity index (χ1) is 22.6. The van der Waals surface area contributed by atoms with Crippen LogP contribution in [0.2, 0.25) is 0 Å². The van der Waals surface area contributed by atoms with Crippen molar-refractivity contribution in [3.8, 4) is 33.4 Å². The van der Waals surface area contributed by atoms with Gasteiger partial charge in [0, 0.05) is 25.6 Å². The van der Waals surface area contributed by atoms with Crippen LogP contribution in [0.1, 0.15) is 25.0 Å². The third-order valence-electron chi connectivity index (χ3n) is 10.5. The Kier molecular flexibility index (Phi) is 5.31. The van der Waals surface area contributed by atoms with Gasteiger partial charge in [-0.25, -0.2) is 0 Å². The molecule has 0 N–H and O–H groups in total. The highest BCUT2D eigenvalue weighted by molar-refractivity contribution is 7.25. The smallest absolute Gasteiger partial charge is 0.0355 e. The van der Waals surface area contributed by atoms with Crippen molar-refractivity contribution < 1.29 is 0 Å². The zero-order valence-electron chi connectivity index (χ0n) is 25.8. The van der Waals surface area contributed by atoms with Gasteiger partial charge in [-0.15, -0.1) is 11.3 Å². The van der Waals surface area contributed by atoms with Crippen LogP contribution < -0.4 is 0 Å². The summed E-state index contributed by atoms with van der Waals surface area (Å²) in [5, 5.41) is 10.5. The second-order valence-electron chi connectivity index (χ2n) is 13.2. The fourth-order valence-corrected chi connectivity index (χ4v) is 9.48. The van der Waals surface area contributed by atoms with E-state index in [4.69, 9.17) is 0 Å². The summed E-state index contributed by atoms with van der Waals surface area (Å²) in [5.41, 5.74) is 10.8. The van der Waals surface area contributed by atoms with Gasteiger partial charge in [0.1, 0.15) is 0 Å². The molecule has 0 fully saturated rings. The third-order valence-corrected chi connectivity index (χ3v) is 11.6. The molecule has 0 saturated heterocycles. The lowest BCUT2D eigenvalue weighted by Gasteiger charge is -2.22. The van der Waals surface area contributed by atoms with Crippen LogP contribution in [0, 0.1) is 0 Å². The first kappa shape index (κ1) is 26.0. The largest absolute Gasteiger partial charge is 0.135 e. The van der Waals surface area contributed by atoms with Crippen molar-refractivity contribution in [1.29, 1.82) is 0 Å². The molecule has 0 unspecified atom stereocenters. The van der Waals surface area contributed by atoms with Gasteiger partial charge in [-0.3, -0.25) is 0 Å². The first-order valence-electron chi connectivity index (χ1n) is 16.1. The summed E-state index contributed by atoms with van der Waals surface area (Å²) in [6.07, 6.45) is 0. The molecule has 1 heterocycles. The number of hydrogen-bond donors (Lipinski definition) is 0. The van der Waals surface area contributed by atoms with E-state index in [9.17, 15) is 0 Å².